The molecule has 1 aromatic heterocycles. The van der Waals surface area contributed by atoms with Gasteiger partial charge in [0.25, 0.3) is 0 Å². The number of benzene rings is 1. The van der Waals surface area contributed by atoms with Crippen molar-refractivity contribution in [3.8, 4) is 0 Å². The molecule has 90 valence electrons. The molecule has 0 radical (unpaired) electrons. The van der Waals surface area contributed by atoms with Crippen LogP contribution in [-0.4, -0.2) is 16.8 Å². The molecule has 1 heterocycles. The van der Waals surface area contributed by atoms with E-state index in [0.29, 0.717) is 11.0 Å². The summed E-state index contributed by atoms with van der Waals surface area (Å²) in [5, 5.41) is 7.31. The van der Waals surface area contributed by atoms with Gasteiger partial charge in [-0.1, -0.05) is 12.1 Å². The highest BCUT2D eigenvalue weighted by Gasteiger charge is 2.08. The quantitative estimate of drug-likeness (QED) is 0.940. The third-order valence-electron chi connectivity index (χ3n) is 2.51. The van der Waals surface area contributed by atoms with E-state index in [0.717, 1.165) is 17.8 Å². The van der Waals surface area contributed by atoms with E-state index < -0.39 is 0 Å². The van der Waals surface area contributed by atoms with E-state index in [1.54, 1.807) is 12.3 Å². The summed E-state index contributed by atoms with van der Waals surface area (Å²) in [6.45, 7) is 1.30. The minimum Gasteiger partial charge on any atom is -0.314 e. The lowest BCUT2D eigenvalue weighted by molar-refractivity contribution is 0.598. The molecule has 0 aliphatic carbocycles. The molecule has 17 heavy (non-hydrogen) atoms. The Kier molecular flexibility index (Phi) is 3.91. The summed E-state index contributed by atoms with van der Waals surface area (Å²) in [6, 6.07) is 6.98. The van der Waals surface area contributed by atoms with Gasteiger partial charge >= 0.3 is 0 Å². The molecule has 0 spiro atoms. The van der Waals surface area contributed by atoms with E-state index in [1.165, 1.54) is 6.07 Å². The van der Waals surface area contributed by atoms with Gasteiger partial charge < -0.3 is 5.32 Å². The maximum absolute atomic E-state index is 13.4. The van der Waals surface area contributed by atoms with E-state index in [1.807, 2.05) is 23.9 Å². The number of nitrogens with one attached hydrogen (secondary N) is 1. The van der Waals surface area contributed by atoms with Gasteiger partial charge in [-0.05, 0) is 40.7 Å². The first kappa shape index (κ1) is 12.3. The summed E-state index contributed by atoms with van der Waals surface area (Å²) >= 11 is 3.26. The van der Waals surface area contributed by atoms with Gasteiger partial charge in [0, 0.05) is 12.7 Å². The normalized spacial score (nSPS) is 10.8. The topological polar surface area (TPSA) is 29.9 Å². The van der Waals surface area contributed by atoms with Crippen LogP contribution in [0.2, 0.25) is 0 Å². The van der Waals surface area contributed by atoms with E-state index in [4.69, 9.17) is 0 Å². The zero-order valence-corrected chi connectivity index (χ0v) is 11.0. The first-order valence-corrected chi connectivity index (χ1v) is 6.10. The van der Waals surface area contributed by atoms with Crippen LogP contribution in [-0.2, 0) is 13.1 Å². The molecular formula is C12H13BrFN3. The van der Waals surface area contributed by atoms with Crippen molar-refractivity contribution in [3.05, 3.63) is 52.0 Å². The van der Waals surface area contributed by atoms with Gasteiger partial charge in [0.15, 0.2) is 0 Å². The van der Waals surface area contributed by atoms with Crippen molar-refractivity contribution in [2.75, 3.05) is 7.05 Å². The summed E-state index contributed by atoms with van der Waals surface area (Å²) in [5.74, 6) is -0.246. The van der Waals surface area contributed by atoms with Crippen molar-refractivity contribution >= 4 is 15.9 Å². The van der Waals surface area contributed by atoms with E-state index in [-0.39, 0.29) is 5.82 Å². The first-order chi connectivity index (χ1) is 8.22. The maximum Gasteiger partial charge on any atom is 0.137 e. The average Bonchev–Trinajstić information content (AvgIpc) is 2.73. The lowest BCUT2D eigenvalue weighted by Crippen LogP contribution is -2.13. The molecule has 1 aromatic carbocycles. The van der Waals surface area contributed by atoms with Gasteiger partial charge in [-0.15, -0.1) is 0 Å². The highest BCUT2D eigenvalue weighted by Crippen LogP contribution is 2.21. The summed E-state index contributed by atoms with van der Waals surface area (Å²) in [6.07, 6.45) is 1.75. The van der Waals surface area contributed by atoms with Crippen molar-refractivity contribution in [1.29, 1.82) is 0 Å². The minimum atomic E-state index is -0.246. The molecule has 0 unspecified atom stereocenters. The van der Waals surface area contributed by atoms with E-state index in [9.17, 15) is 4.39 Å². The minimum absolute atomic E-state index is 0.246. The van der Waals surface area contributed by atoms with Crippen LogP contribution in [0, 0.1) is 5.82 Å². The Morgan fingerprint density at radius 2 is 2.24 bits per heavy atom. The Bertz CT molecular complexity index is 510. The Hall–Kier alpha value is -1.20. The van der Waals surface area contributed by atoms with Crippen molar-refractivity contribution in [2.45, 2.75) is 13.1 Å². The highest BCUT2D eigenvalue weighted by atomic mass is 79.9. The van der Waals surface area contributed by atoms with Gasteiger partial charge in [-0.2, -0.15) is 5.10 Å². The number of nitrogens with zero attached hydrogens (tertiary/aromatic N) is 2. The van der Waals surface area contributed by atoms with Crippen LogP contribution in [0.5, 0.6) is 0 Å². The number of rotatable bonds is 4. The highest BCUT2D eigenvalue weighted by molar-refractivity contribution is 9.10. The summed E-state index contributed by atoms with van der Waals surface area (Å²) in [7, 11) is 1.88. The van der Waals surface area contributed by atoms with Crippen LogP contribution < -0.4 is 5.32 Å². The van der Waals surface area contributed by atoms with E-state index in [2.05, 4.69) is 26.3 Å². The summed E-state index contributed by atoms with van der Waals surface area (Å²) in [4.78, 5) is 0. The van der Waals surface area contributed by atoms with Crippen LogP contribution in [0.1, 0.15) is 11.3 Å². The molecule has 0 atom stereocenters. The van der Waals surface area contributed by atoms with Crippen LogP contribution in [0.15, 0.2) is 34.9 Å². The second-order valence-corrected chi connectivity index (χ2v) is 4.52. The van der Waals surface area contributed by atoms with Gasteiger partial charge in [-0.3, -0.25) is 4.68 Å². The SMILES string of the molecule is CNCc1ccnn1Cc1cccc(F)c1Br. The van der Waals surface area contributed by atoms with Crippen LogP contribution >= 0.6 is 15.9 Å². The molecule has 3 nitrogen and oxygen atoms in total. The van der Waals surface area contributed by atoms with E-state index >= 15 is 0 Å². The Morgan fingerprint density at radius 3 is 3.00 bits per heavy atom. The van der Waals surface area contributed by atoms with Crippen LogP contribution in [0.25, 0.3) is 0 Å². The van der Waals surface area contributed by atoms with Crippen LogP contribution in [0.4, 0.5) is 4.39 Å². The molecule has 5 heteroatoms. The molecule has 0 amide bonds. The molecule has 1 N–H and O–H groups in total. The van der Waals surface area contributed by atoms with Gasteiger partial charge in [0.05, 0.1) is 16.7 Å². The fourth-order valence-corrected chi connectivity index (χ4v) is 2.06. The molecule has 0 saturated carbocycles. The van der Waals surface area contributed by atoms with Crippen molar-refractivity contribution in [2.24, 2.45) is 0 Å². The Labute approximate surface area is 108 Å². The molecule has 0 aliphatic heterocycles. The lowest BCUT2D eigenvalue weighted by Gasteiger charge is -2.09. The Morgan fingerprint density at radius 1 is 1.41 bits per heavy atom. The number of hydrogen-bond donors (Lipinski definition) is 1. The van der Waals surface area contributed by atoms with Gasteiger partial charge in [0.1, 0.15) is 5.82 Å². The maximum atomic E-state index is 13.4. The fraction of sp³-hybridized carbons (Fsp3) is 0.250. The molecule has 0 bridgehead atoms. The standard InChI is InChI=1S/C12H13BrFN3/c1-15-7-10-5-6-16-17(10)8-9-3-2-4-11(14)12(9)13/h2-6,15H,7-8H2,1H3. The second-order valence-electron chi connectivity index (χ2n) is 3.72. The third kappa shape index (κ3) is 2.73. The molecule has 2 aromatic rings. The van der Waals surface area contributed by atoms with Crippen molar-refractivity contribution < 1.29 is 4.39 Å². The molecule has 0 aliphatic rings. The molecule has 0 fully saturated rings. The van der Waals surface area contributed by atoms with Gasteiger partial charge in [-0.25, -0.2) is 4.39 Å². The summed E-state index contributed by atoms with van der Waals surface area (Å²) in [5.41, 5.74) is 1.95. The van der Waals surface area contributed by atoms with Gasteiger partial charge in [0.2, 0.25) is 0 Å². The predicted molar refractivity (Wildman–Crippen MR) is 68.2 cm³/mol. The summed E-state index contributed by atoms with van der Waals surface area (Å²) < 4.78 is 15.7. The zero-order valence-electron chi connectivity index (χ0n) is 9.45. The largest absolute Gasteiger partial charge is 0.314 e. The molecular weight excluding hydrogens is 285 g/mol. The molecule has 0 saturated heterocycles. The molecule has 2 rings (SSSR count). The monoisotopic (exact) mass is 297 g/mol. The Balaban J connectivity index is 2.25. The number of aromatic nitrogens is 2. The van der Waals surface area contributed by atoms with Crippen molar-refractivity contribution in [3.63, 3.8) is 0 Å². The fourth-order valence-electron chi connectivity index (χ4n) is 1.67. The predicted octanol–water partition coefficient (Wildman–Crippen LogP) is 2.55. The average molecular weight is 298 g/mol. The smallest absolute Gasteiger partial charge is 0.137 e. The first-order valence-electron chi connectivity index (χ1n) is 5.30. The third-order valence-corrected chi connectivity index (χ3v) is 3.40. The number of hydrogen-bond acceptors (Lipinski definition) is 2. The van der Waals surface area contributed by atoms with Crippen LogP contribution in [0.3, 0.4) is 0 Å². The van der Waals surface area contributed by atoms with Crippen molar-refractivity contribution in [1.82, 2.24) is 15.1 Å². The zero-order chi connectivity index (χ0) is 12.3. The number of halogens is 2. The lowest BCUT2D eigenvalue weighted by atomic mass is 10.2. The second kappa shape index (κ2) is 5.42.